The minimum absolute atomic E-state index is 0.0299. The maximum atomic E-state index is 14.5. The molecule has 0 saturated heterocycles. The number of benzene rings is 4. The molecule has 1 N–H and O–H groups in total. The van der Waals surface area contributed by atoms with Crippen molar-refractivity contribution in [2.45, 2.75) is 51.6 Å². The summed E-state index contributed by atoms with van der Waals surface area (Å²) in [6.45, 7) is 7.42. The van der Waals surface area contributed by atoms with Crippen LogP contribution < -0.4 is 9.62 Å². The average molecular weight is 630 g/mol. The zero-order chi connectivity index (χ0) is 32.6. The van der Waals surface area contributed by atoms with Gasteiger partial charge in [-0.3, -0.25) is 13.9 Å². The van der Waals surface area contributed by atoms with Crippen LogP contribution in [-0.2, 0) is 32.6 Å². The van der Waals surface area contributed by atoms with Crippen LogP contribution in [0.2, 0.25) is 0 Å². The quantitative estimate of drug-likeness (QED) is 0.195. The second-order valence-electron chi connectivity index (χ2n) is 11.6. The maximum Gasteiger partial charge on any atom is 0.264 e. The summed E-state index contributed by atoms with van der Waals surface area (Å²) in [5, 5.41) is 2.96. The zero-order valence-corrected chi connectivity index (χ0v) is 26.9. The van der Waals surface area contributed by atoms with Crippen LogP contribution in [0, 0.1) is 25.6 Å². The Labute approximate surface area is 265 Å². The number of amides is 2. The topological polar surface area (TPSA) is 86.8 Å². The van der Waals surface area contributed by atoms with Gasteiger partial charge in [-0.25, -0.2) is 12.8 Å². The first-order valence-corrected chi connectivity index (χ1v) is 16.4. The summed E-state index contributed by atoms with van der Waals surface area (Å²) in [5.74, 6) is -1.18. The lowest BCUT2D eigenvalue weighted by molar-refractivity contribution is -0.140. The van der Waals surface area contributed by atoms with E-state index in [0.29, 0.717) is 23.4 Å². The Morgan fingerprint density at radius 1 is 0.800 bits per heavy atom. The Balaban J connectivity index is 1.80. The van der Waals surface area contributed by atoms with Crippen molar-refractivity contribution in [2.24, 2.45) is 5.92 Å². The smallest absolute Gasteiger partial charge is 0.264 e. The molecule has 4 aromatic rings. The number of anilines is 1. The predicted octanol–water partition coefficient (Wildman–Crippen LogP) is 6.05. The van der Waals surface area contributed by atoms with Gasteiger partial charge in [0.1, 0.15) is 18.4 Å². The van der Waals surface area contributed by atoms with E-state index in [2.05, 4.69) is 5.32 Å². The van der Waals surface area contributed by atoms with Gasteiger partial charge in [-0.05, 0) is 66.8 Å². The molecule has 0 heterocycles. The minimum atomic E-state index is -4.19. The molecule has 7 nitrogen and oxygen atoms in total. The SMILES string of the molecule is Cc1ccc(S(=O)(=O)N(CC(=O)N(Cc2ccc(F)cc2)[C@H](Cc2ccccc2)C(=O)NCC(C)C)c2ccccc2C)cc1. The summed E-state index contributed by atoms with van der Waals surface area (Å²) in [6.07, 6.45) is 0.201. The second kappa shape index (κ2) is 15.0. The Kier molecular flexibility index (Phi) is 11.1. The first-order valence-electron chi connectivity index (χ1n) is 15.0. The molecule has 236 valence electrons. The molecule has 0 radical (unpaired) electrons. The molecule has 0 fully saturated rings. The highest BCUT2D eigenvalue weighted by molar-refractivity contribution is 7.92. The van der Waals surface area contributed by atoms with Crippen molar-refractivity contribution in [3.8, 4) is 0 Å². The van der Waals surface area contributed by atoms with Crippen molar-refractivity contribution in [1.29, 1.82) is 0 Å². The fourth-order valence-electron chi connectivity index (χ4n) is 4.96. The monoisotopic (exact) mass is 629 g/mol. The Morgan fingerprint density at radius 3 is 2.04 bits per heavy atom. The molecule has 45 heavy (non-hydrogen) atoms. The van der Waals surface area contributed by atoms with E-state index >= 15 is 0 Å². The van der Waals surface area contributed by atoms with Gasteiger partial charge >= 0.3 is 0 Å². The third-order valence-electron chi connectivity index (χ3n) is 7.49. The first kappa shape index (κ1) is 33.4. The van der Waals surface area contributed by atoms with E-state index < -0.39 is 34.3 Å². The van der Waals surface area contributed by atoms with Gasteiger partial charge in [0.15, 0.2) is 0 Å². The number of halogens is 1. The Morgan fingerprint density at radius 2 is 1.42 bits per heavy atom. The predicted molar refractivity (Wildman–Crippen MR) is 176 cm³/mol. The zero-order valence-electron chi connectivity index (χ0n) is 26.1. The van der Waals surface area contributed by atoms with Crippen LogP contribution in [0.4, 0.5) is 10.1 Å². The fraction of sp³-hybridized carbons (Fsp3) is 0.278. The van der Waals surface area contributed by atoms with Gasteiger partial charge in [-0.1, -0.05) is 92.2 Å². The molecule has 9 heteroatoms. The van der Waals surface area contributed by atoms with E-state index in [9.17, 15) is 22.4 Å². The highest BCUT2D eigenvalue weighted by Gasteiger charge is 2.35. The van der Waals surface area contributed by atoms with Crippen molar-refractivity contribution in [2.75, 3.05) is 17.4 Å². The van der Waals surface area contributed by atoms with E-state index in [0.717, 1.165) is 15.4 Å². The fourth-order valence-corrected chi connectivity index (χ4v) is 6.44. The van der Waals surface area contributed by atoms with E-state index in [4.69, 9.17) is 0 Å². The molecule has 0 aliphatic carbocycles. The summed E-state index contributed by atoms with van der Waals surface area (Å²) in [7, 11) is -4.19. The summed E-state index contributed by atoms with van der Waals surface area (Å²) >= 11 is 0. The van der Waals surface area contributed by atoms with E-state index in [-0.39, 0.29) is 29.7 Å². The average Bonchev–Trinajstić information content (AvgIpc) is 3.02. The number of para-hydroxylation sites is 1. The number of nitrogens with zero attached hydrogens (tertiary/aromatic N) is 2. The number of carbonyl (C=O) groups excluding carboxylic acids is 2. The van der Waals surface area contributed by atoms with Crippen LogP contribution in [0.1, 0.15) is 36.1 Å². The Bertz CT molecular complexity index is 1690. The maximum absolute atomic E-state index is 14.5. The summed E-state index contributed by atoms with van der Waals surface area (Å²) in [6, 6.07) is 27.5. The molecule has 2 amide bonds. The normalized spacial score (nSPS) is 12.0. The van der Waals surface area contributed by atoms with E-state index in [1.165, 1.54) is 29.2 Å². The van der Waals surface area contributed by atoms with Crippen LogP contribution in [-0.4, -0.2) is 44.3 Å². The number of carbonyl (C=O) groups is 2. The Hall–Kier alpha value is -4.50. The van der Waals surface area contributed by atoms with Crippen molar-refractivity contribution in [3.63, 3.8) is 0 Å². The molecule has 0 aliphatic heterocycles. The van der Waals surface area contributed by atoms with Crippen LogP contribution in [0.3, 0.4) is 0 Å². The van der Waals surface area contributed by atoms with Gasteiger partial charge in [-0.2, -0.15) is 0 Å². The third kappa shape index (κ3) is 8.79. The van der Waals surface area contributed by atoms with Crippen molar-refractivity contribution in [3.05, 3.63) is 131 Å². The number of hydrogen-bond donors (Lipinski definition) is 1. The molecule has 0 spiro atoms. The molecule has 0 aromatic heterocycles. The highest BCUT2D eigenvalue weighted by atomic mass is 32.2. The number of sulfonamides is 1. The highest BCUT2D eigenvalue weighted by Crippen LogP contribution is 2.28. The molecule has 4 rings (SSSR count). The molecule has 0 saturated carbocycles. The number of aryl methyl sites for hydroxylation is 2. The van der Waals surface area contributed by atoms with Gasteiger partial charge in [0, 0.05) is 19.5 Å². The van der Waals surface area contributed by atoms with E-state index in [1.54, 1.807) is 55.5 Å². The summed E-state index contributed by atoms with van der Waals surface area (Å²) in [5.41, 5.74) is 3.36. The van der Waals surface area contributed by atoms with Gasteiger partial charge in [-0.15, -0.1) is 0 Å². The molecular formula is C36H40FN3O4S. The van der Waals surface area contributed by atoms with Crippen molar-refractivity contribution in [1.82, 2.24) is 10.2 Å². The second-order valence-corrected chi connectivity index (χ2v) is 13.5. The molecular weight excluding hydrogens is 589 g/mol. The van der Waals surface area contributed by atoms with Gasteiger partial charge < -0.3 is 10.2 Å². The van der Waals surface area contributed by atoms with Gasteiger partial charge in [0.05, 0.1) is 10.6 Å². The van der Waals surface area contributed by atoms with Crippen molar-refractivity contribution < 1.29 is 22.4 Å². The largest absolute Gasteiger partial charge is 0.354 e. The summed E-state index contributed by atoms with van der Waals surface area (Å²) < 4.78 is 43.3. The summed E-state index contributed by atoms with van der Waals surface area (Å²) in [4.78, 5) is 29.7. The molecule has 0 aliphatic rings. The minimum Gasteiger partial charge on any atom is -0.354 e. The van der Waals surface area contributed by atoms with Crippen LogP contribution >= 0.6 is 0 Å². The molecule has 0 unspecified atom stereocenters. The van der Waals surface area contributed by atoms with Crippen molar-refractivity contribution >= 4 is 27.5 Å². The van der Waals surface area contributed by atoms with Crippen LogP contribution in [0.5, 0.6) is 0 Å². The number of rotatable bonds is 13. The lowest BCUT2D eigenvalue weighted by Gasteiger charge is -2.34. The number of hydrogen-bond acceptors (Lipinski definition) is 4. The standard InChI is InChI=1S/C36H40FN3O4S/c1-26(2)23-38-36(42)34(22-29-11-6-5-7-12-29)39(24-30-16-18-31(37)19-17-30)35(41)25-40(33-13-9-8-10-28(33)4)45(43,44)32-20-14-27(3)15-21-32/h5-21,26,34H,22-25H2,1-4H3,(H,38,42)/t34-/m1/s1. The molecule has 4 aromatic carbocycles. The lowest BCUT2D eigenvalue weighted by atomic mass is 10.0. The molecule has 1 atom stereocenters. The lowest BCUT2D eigenvalue weighted by Crippen LogP contribution is -2.53. The van der Waals surface area contributed by atoms with Crippen LogP contribution in [0.25, 0.3) is 0 Å². The van der Waals surface area contributed by atoms with Gasteiger partial charge in [0.2, 0.25) is 11.8 Å². The van der Waals surface area contributed by atoms with E-state index in [1.807, 2.05) is 51.1 Å². The third-order valence-corrected chi connectivity index (χ3v) is 9.27. The first-order chi connectivity index (χ1) is 21.5. The van der Waals surface area contributed by atoms with Crippen LogP contribution in [0.15, 0.2) is 108 Å². The van der Waals surface area contributed by atoms with Gasteiger partial charge in [0.25, 0.3) is 10.0 Å². The number of nitrogens with one attached hydrogen (secondary N) is 1. The molecule has 0 bridgehead atoms.